The minimum absolute atomic E-state index is 0.114. The van der Waals surface area contributed by atoms with E-state index in [0.29, 0.717) is 6.54 Å². The fourth-order valence-electron chi connectivity index (χ4n) is 2.61. The molecule has 1 saturated heterocycles. The monoisotopic (exact) mass is 246 g/mol. The zero-order chi connectivity index (χ0) is 13.3. The molecule has 18 heavy (non-hydrogen) atoms. The summed E-state index contributed by atoms with van der Waals surface area (Å²) < 4.78 is 0. The summed E-state index contributed by atoms with van der Waals surface area (Å²) in [5.74, 6) is 0.114. The van der Waals surface area contributed by atoms with Crippen LogP contribution >= 0.6 is 0 Å². The molecular weight excluding hydrogens is 224 g/mol. The molecule has 1 amide bonds. The van der Waals surface area contributed by atoms with Crippen molar-refractivity contribution in [2.75, 3.05) is 13.1 Å². The Morgan fingerprint density at radius 1 is 1.39 bits per heavy atom. The van der Waals surface area contributed by atoms with E-state index in [9.17, 15) is 4.79 Å². The first-order chi connectivity index (χ1) is 8.48. The van der Waals surface area contributed by atoms with Crippen molar-refractivity contribution in [3.05, 3.63) is 34.9 Å². The van der Waals surface area contributed by atoms with Crippen LogP contribution in [0, 0.1) is 13.8 Å². The second-order valence-corrected chi connectivity index (χ2v) is 5.56. The van der Waals surface area contributed by atoms with Gasteiger partial charge < -0.3 is 10.6 Å². The number of amides is 1. The fraction of sp³-hybridized carbons (Fsp3) is 0.533. The number of hydrogen-bond donors (Lipinski definition) is 1. The lowest BCUT2D eigenvalue weighted by Gasteiger charge is -2.34. The molecule has 0 saturated carbocycles. The zero-order valence-corrected chi connectivity index (χ0v) is 11.5. The van der Waals surface area contributed by atoms with E-state index in [2.05, 4.69) is 13.8 Å². The third-order valence-corrected chi connectivity index (χ3v) is 4.19. The normalized spacial score (nSPS) is 23.4. The van der Waals surface area contributed by atoms with Gasteiger partial charge in [0.05, 0.1) is 5.54 Å². The van der Waals surface area contributed by atoms with Crippen LogP contribution in [0.4, 0.5) is 0 Å². The number of rotatable bonds is 2. The Hall–Kier alpha value is -1.35. The van der Waals surface area contributed by atoms with Crippen LogP contribution in [0.3, 0.4) is 0 Å². The number of carbonyl (C=O) groups is 1. The lowest BCUT2D eigenvalue weighted by molar-refractivity contribution is 0.0637. The molecule has 98 valence electrons. The van der Waals surface area contributed by atoms with E-state index in [4.69, 9.17) is 5.73 Å². The van der Waals surface area contributed by atoms with Gasteiger partial charge in [-0.2, -0.15) is 0 Å². The quantitative estimate of drug-likeness (QED) is 0.870. The third kappa shape index (κ3) is 2.15. The molecule has 1 aliphatic heterocycles. The van der Waals surface area contributed by atoms with Gasteiger partial charge in [-0.25, -0.2) is 0 Å². The molecule has 0 aliphatic carbocycles. The van der Waals surface area contributed by atoms with Gasteiger partial charge in [-0.3, -0.25) is 4.79 Å². The van der Waals surface area contributed by atoms with Gasteiger partial charge in [-0.1, -0.05) is 6.07 Å². The lowest BCUT2D eigenvalue weighted by atomic mass is 9.98. The first-order valence-corrected chi connectivity index (χ1v) is 6.57. The SMILES string of the molecule is Cc1ccc(C(=O)N2CCCC2(C)CN)cc1C. The summed E-state index contributed by atoms with van der Waals surface area (Å²) in [7, 11) is 0. The van der Waals surface area contributed by atoms with Crippen LogP contribution in [-0.4, -0.2) is 29.4 Å². The summed E-state index contributed by atoms with van der Waals surface area (Å²) in [6, 6.07) is 5.91. The number of carbonyl (C=O) groups excluding carboxylic acids is 1. The summed E-state index contributed by atoms with van der Waals surface area (Å²) in [5, 5.41) is 0. The second kappa shape index (κ2) is 4.73. The van der Waals surface area contributed by atoms with Crippen LogP contribution in [0.2, 0.25) is 0 Å². The number of likely N-dealkylation sites (tertiary alicyclic amines) is 1. The molecule has 1 atom stereocenters. The van der Waals surface area contributed by atoms with Gasteiger partial charge in [0.2, 0.25) is 0 Å². The van der Waals surface area contributed by atoms with Crippen molar-refractivity contribution in [1.29, 1.82) is 0 Å². The minimum atomic E-state index is -0.171. The van der Waals surface area contributed by atoms with Crippen molar-refractivity contribution in [2.24, 2.45) is 5.73 Å². The number of aryl methyl sites for hydroxylation is 2. The van der Waals surface area contributed by atoms with Gasteiger partial charge in [0.1, 0.15) is 0 Å². The summed E-state index contributed by atoms with van der Waals surface area (Å²) in [6.45, 7) is 7.53. The predicted molar refractivity (Wildman–Crippen MR) is 73.6 cm³/mol. The molecule has 0 aromatic heterocycles. The largest absolute Gasteiger partial charge is 0.332 e. The minimum Gasteiger partial charge on any atom is -0.332 e. The van der Waals surface area contributed by atoms with Crippen LogP contribution in [0.5, 0.6) is 0 Å². The second-order valence-electron chi connectivity index (χ2n) is 5.56. The predicted octanol–water partition coefficient (Wildman–Crippen LogP) is 2.26. The Bertz CT molecular complexity index is 470. The molecular formula is C15H22N2O. The molecule has 0 radical (unpaired) electrons. The fourth-order valence-corrected chi connectivity index (χ4v) is 2.61. The van der Waals surface area contributed by atoms with Gasteiger partial charge >= 0.3 is 0 Å². The molecule has 3 nitrogen and oxygen atoms in total. The molecule has 1 aliphatic rings. The third-order valence-electron chi connectivity index (χ3n) is 4.19. The number of benzene rings is 1. The van der Waals surface area contributed by atoms with Crippen molar-refractivity contribution in [3.8, 4) is 0 Å². The van der Waals surface area contributed by atoms with Crippen molar-refractivity contribution in [2.45, 2.75) is 39.2 Å². The Morgan fingerprint density at radius 3 is 2.72 bits per heavy atom. The Labute approximate surface area is 109 Å². The van der Waals surface area contributed by atoms with E-state index in [1.807, 2.05) is 30.0 Å². The van der Waals surface area contributed by atoms with Crippen LogP contribution in [0.1, 0.15) is 41.3 Å². The highest BCUT2D eigenvalue weighted by Crippen LogP contribution is 2.29. The van der Waals surface area contributed by atoms with Gasteiger partial charge in [-0.05, 0) is 56.9 Å². The van der Waals surface area contributed by atoms with Crippen LogP contribution in [-0.2, 0) is 0 Å². The maximum absolute atomic E-state index is 12.6. The van der Waals surface area contributed by atoms with Crippen molar-refractivity contribution in [1.82, 2.24) is 4.90 Å². The lowest BCUT2D eigenvalue weighted by Crippen LogP contribution is -2.50. The molecule has 3 heteroatoms. The average molecular weight is 246 g/mol. The van der Waals surface area contributed by atoms with Gasteiger partial charge in [-0.15, -0.1) is 0 Å². The van der Waals surface area contributed by atoms with E-state index in [1.165, 1.54) is 5.56 Å². The van der Waals surface area contributed by atoms with E-state index in [-0.39, 0.29) is 11.4 Å². The highest BCUT2D eigenvalue weighted by Gasteiger charge is 2.38. The highest BCUT2D eigenvalue weighted by atomic mass is 16.2. The maximum Gasteiger partial charge on any atom is 0.254 e. The average Bonchev–Trinajstić information content (AvgIpc) is 2.75. The van der Waals surface area contributed by atoms with E-state index in [0.717, 1.165) is 30.5 Å². The maximum atomic E-state index is 12.6. The van der Waals surface area contributed by atoms with Crippen molar-refractivity contribution >= 4 is 5.91 Å². The molecule has 1 aromatic carbocycles. The van der Waals surface area contributed by atoms with Crippen LogP contribution in [0.25, 0.3) is 0 Å². The molecule has 2 N–H and O–H groups in total. The summed E-state index contributed by atoms with van der Waals surface area (Å²) in [5.41, 5.74) is 8.82. The Balaban J connectivity index is 2.28. The van der Waals surface area contributed by atoms with E-state index < -0.39 is 0 Å². The summed E-state index contributed by atoms with van der Waals surface area (Å²) >= 11 is 0. The van der Waals surface area contributed by atoms with Crippen molar-refractivity contribution < 1.29 is 4.79 Å². The molecule has 0 bridgehead atoms. The first-order valence-electron chi connectivity index (χ1n) is 6.57. The zero-order valence-electron chi connectivity index (χ0n) is 11.5. The van der Waals surface area contributed by atoms with E-state index >= 15 is 0 Å². The number of nitrogens with zero attached hydrogens (tertiary/aromatic N) is 1. The van der Waals surface area contributed by atoms with Crippen LogP contribution < -0.4 is 5.73 Å². The smallest absolute Gasteiger partial charge is 0.254 e. The van der Waals surface area contributed by atoms with Crippen LogP contribution in [0.15, 0.2) is 18.2 Å². The summed E-state index contributed by atoms with van der Waals surface area (Å²) in [6.07, 6.45) is 2.05. The van der Waals surface area contributed by atoms with Gasteiger partial charge in [0.15, 0.2) is 0 Å². The van der Waals surface area contributed by atoms with E-state index in [1.54, 1.807) is 0 Å². The van der Waals surface area contributed by atoms with Gasteiger partial charge in [0, 0.05) is 18.7 Å². The Kier molecular flexibility index (Phi) is 3.44. The Morgan fingerprint density at radius 2 is 2.11 bits per heavy atom. The molecule has 1 fully saturated rings. The molecule has 1 unspecified atom stereocenters. The molecule has 1 aromatic rings. The summed E-state index contributed by atoms with van der Waals surface area (Å²) in [4.78, 5) is 14.5. The number of nitrogens with two attached hydrogens (primary N) is 1. The number of hydrogen-bond acceptors (Lipinski definition) is 2. The standard InChI is InChI=1S/C15H22N2O/c1-11-5-6-13(9-12(11)2)14(18)17-8-4-7-15(17,3)10-16/h5-6,9H,4,7-8,10,16H2,1-3H3. The topological polar surface area (TPSA) is 46.3 Å². The molecule has 2 rings (SSSR count). The van der Waals surface area contributed by atoms with Crippen molar-refractivity contribution in [3.63, 3.8) is 0 Å². The molecule has 1 heterocycles. The molecule has 0 spiro atoms. The first kappa shape index (κ1) is 13.1. The van der Waals surface area contributed by atoms with Gasteiger partial charge in [0.25, 0.3) is 5.91 Å². The highest BCUT2D eigenvalue weighted by molar-refractivity contribution is 5.95.